The molecule has 0 heterocycles. The van der Waals surface area contributed by atoms with Gasteiger partial charge in [-0.15, -0.1) is 0 Å². The molecule has 3 aromatic carbocycles. The number of benzene rings is 3. The zero-order chi connectivity index (χ0) is 24.3. The van der Waals surface area contributed by atoms with Crippen molar-refractivity contribution >= 4 is 17.9 Å². The maximum atomic E-state index is 12.5. The van der Waals surface area contributed by atoms with E-state index >= 15 is 0 Å². The third-order valence-electron chi connectivity index (χ3n) is 4.83. The van der Waals surface area contributed by atoms with Crippen molar-refractivity contribution in [2.24, 2.45) is 0 Å². The predicted molar refractivity (Wildman–Crippen MR) is 121 cm³/mol. The molecule has 3 rings (SSSR count). The van der Waals surface area contributed by atoms with Crippen LogP contribution in [0.15, 0.2) is 91.0 Å². The first-order valence-electron chi connectivity index (χ1n) is 10.5. The molecule has 0 bridgehead atoms. The standard InChI is InChI=1S/C26H24O8/c27-21(16-32-24(29)18-10-4-1-5-11-18)23(28)22(34-26(31)20-14-8-3-9-15-20)17-33-25(30)19-12-6-2-7-13-19/h1-15,21-23,27-28H,16-17H2/t21-,22+,23+/m1/s1. The van der Waals surface area contributed by atoms with Gasteiger partial charge in [0.1, 0.15) is 25.4 Å². The average Bonchev–Trinajstić information content (AvgIpc) is 2.90. The zero-order valence-corrected chi connectivity index (χ0v) is 18.2. The number of ether oxygens (including phenoxy) is 3. The molecule has 0 amide bonds. The van der Waals surface area contributed by atoms with Gasteiger partial charge in [-0.3, -0.25) is 0 Å². The number of aliphatic hydroxyl groups excluding tert-OH is 2. The summed E-state index contributed by atoms with van der Waals surface area (Å²) in [7, 11) is 0. The van der Waals surface area contributed by atoms with Crippen LogP contribution in [0.2, 0.25) is 0 Å². The quantitative estimate of drug-likeness (QED) is 0.347. The van der Waals surface area contributed by atoms with Gasteiger partial charge in [0.05, 0.1) is 16.7 Å². The van der Waals surface area contributed by atoms with Crippen LogP contribution in [0.4, 0.5) is 0 Å². The summed E-state index contributed by atoms with van der Waals surface area (Å²) < 4.78 is 15.6. The summed E-state index contributed by atoms with van der Waals surface area (Å²) in [4.78, 5) is 36.9. The van der Waals surface area contributed by atoms with Gasteiger partial charge < -0.3 is 24.4 Å². The van der Waals surface area contributed by atoms with Gasteiger partial charge in [0.15, 0.2) is 6.10 Å². The van der Waals surface area contributed by atoms with Gasteiger partial charge in [0.2, 0.25) is 0 Å². The molecule has 0 saturated carbocycles. The fourth-order valence-corrected chi connectivity index (χ4v) is 2.96. The van der Waals surface area contributed by atoms with Crippen molar-refractivity contribution in [3.05, 3.63) is 108 Å². The lowest BCUT2D eigenvalue weighted by Gasteiger charge is -2.26. The molecule has 0 aliphatic heterocycles. The molecule has 3 atom stereocenters. The highest BCUT2D eigenvalue weighted by Gasteiger charge is 2.32. The van der Waals surface area contributed by atoms with E-state index in [0.717, 1.165) is 0 Å². The second-order valence-electron chi connectivity index (χ2n) is 7.30. The van der Waals surface area contributed by atoms with Crippen molar-refractivity contribution in [1.29, 1.82) is 0 Å². The van der Waals surface area contributed by atoms with Crippen LogP contribution in [0.25, 0.3) is 0 Å². The summed E-state index contributed by atoms with van der Waals surface area (Å²) in [5, 5.41) is 21.0. The summed E-state index contributed by atoms with van der Waals surface area (Å²) >= 11 is 0. The molecule has 2 N–H and O–H groups in total. The van der Waals surface area contributed by atoms with Crippen LogP contribution in [0.5, 0.6) is 0 Å². The van der Waals surface area contributed by atoms with Gasteiger partial charge in [-0.05, 0) is 36.4 Å². The van der Waals surface area contributed by atoms with E-state index < -0.39 is 49.4 Å². The lowest BCUT2D eigenvalue weighted by Crippen LogP contribution is -2.45. The highest BCUT2D eigenvalue weighted by Crippen LogP contribution is 2.13. The van der Waals surface area contributed by atoms with Crippen LogP contribution < -0.4 is 0 Å². The molecule has 8 nitrogen and oxygen atoms in total. The predicted octanol–water partition coefficient (Wildman–Crippen LogP) is 2.65. The smallest absolute Gasteiger partial charge is 0.338 e. The highest BCUT2D eigenvalue weighted by atomic mass is 16.6. The van der Waals surface area contributed by atoms with E-state index in [-0.39, 0.29) is 16.7 Å². The molecule has 0 aromatic heterocycles. The Kier molecular flexibility index (Phi) is 8.90. The summed E-state index contributed by atoms with van der Waals surface area (Å²) in [5.41, 5.74) is 0.745. The molecule has 0 radical (unpaired) electrons. The van der Waals surface area contributed by atoms with E-state index in [9.17, 15) is 24.6 Å². The summed E-state index contributed by atoms with van der Waals surface area (Å²) in [6, 6.07) is 24.3. The molecular weight excluding hydrogens is 440 g/mol. The Morgan fingerprint density at radius 1 is 0.588 bits per heavy atom. The van der Waals surface area contributed by atoms with E-state index in [1.54, 1.807) is 78.9 Å². The average molecular weight is 464 g/mol. The number of carbonyl (C=O) groups is 3. The molecule has 0 unspecified atom stereocenters. The summed E-state index contributed by atoms with van der Waals surface area (Å²) in [6.45, 7) is -1.10. The van der Waals surface area contributed by atoms with Gasteiger partial charge in [-0.2, -0.15) is 0 Å². The van der Waals surface area contributed by atoms with Crippen LogP contribution in [0.1, 0.15) is 31.1 Å². The van der Waals surface area contributed by atoms with Crippen LogP contribution in [0, 0.1) is 0 Å². The number of carbonyl (C=O) groups excluding carboxylic acids is 3. The Balaban J connectivity index is 1.65. The number of hydrogen-bond donors (Lipinski definition) is 2. The van der Waals surface area contributed by atoms with E-state index in [4.69, 9.17) is 14.2 Å². The van der Waals surface area contributed by atoms with Crippen LogP contribution in [-0.4, -0.2) is 59.6 Å². The Labute approximate surface area is 196 Å². The molecular formula is C26H24O8. The first-order chi connectivity index (χ1) is 16.5. The number of esters is 3. The zero-order valence-electron chi connectivity index (χ0n) is 18.2. The molecule has 0 aliphatic rings. The fourth-order valence-electron chi connectivity index (χ4n) is 2.96. The Hall–Kier alpha value is -4.01. The van der Waals surface area contributed by atoms with Crippen LogP contribution in [0.3, 0.4) is 0 Å². The minimum absolute atomic E-state index is 0.207. The van der Waals surface area contributed by atoms with E-state index in [1.165, 1.54) is 12.1 Å². The molecule has 0 saturated heterocycles. The number of rotatable bonds is 10. The van der Waals surface area contributed by atoms with Crippen molar-refractivity contribution in [3.8, 4) is 0 Å². The minimum atomic E-state index is -1.71. The van der Waals surface area contributed by atoms with Crippen molar-refractivity contribution in [2.45, 2.75) is 18.3 Å². The summed E-state index contributed by atoms with van der Waals surface area (Å²) in [6.07, 6.45) is -4.75. The van der Waals surface area contributed by atoms with Crippen LogP contribution >= 0.6 is 0 Å². The molecule has 34 heavy (non-hydrogen) atoms. The monoisotopic (exact) mass is 464 g/mol. The number of aliphatic hydroxyl groups is 2. The van der Waals surface area contributed by atoms with Gasteiger partial charge in [0, 0.05) is 0 Å². The Morgan fingerprint density at radius 2 is 0.971 bits per heavy atom. The maximum Gasteiger partial charge on any atom is 0.338 e. The normalized spacial score (nSPS) is 13.2. The second kappa shape index (κ2) is 12.3. The first kappa shape index (κ1) is 24.6. The summed E-state index contributed by atoms with van der Waals surface area (Å²) in [5.74, 6) is -2.17. The third kappa shape index (κ3) is 6.99. The maximum absolute atomic E-state index is 12.5. The van der Waals surface area contributed by atoms with Gasteiger partial charge in [-0.25, -0.2) is 14.4 Å². The largest absolute Gasteiger partial charge is 0.459 e. The van der Waals surface area contributed by atoms with E-state index in [2.05, 4.69) is 0 Å². The van der Waals surface area contributed by atoms with Crippen LogP contribution in [-0.2, 0) is 14.2 Å². The number of hydrogen-bond acceptors (Lipinski definition) is 8. The fraction of sp³-hybridized carbons (Fsp3) is 0.192. The van der Waals surface area contributed by atoms with Crippen molar-refractivity contribution < 1.29 is 38.8 Å². The topological polar surface area (TPSA) is 119 Å². The molecule has 0 fully saturated rings. The molecule has 176 valence electrons. The second-order valence-corrected chi connectivity index (χ2v) is 7.30. The van der Waals surface area contributed by atoms with Crippen molar-refractivity contribution in [2.75, 3.05) is 13.2 Å². The van der Waals surface area contributed by atoms with Gasteiger partial charge in [-0.1, -0.05) is 54.6 Å². The van der Waals surface area contributed by atoms with E-state index in [1.807, 2.05) is 0 Å². The Bertz CT molecular complexity index is 1070. The molecule has 0 aliphatic carbocycles. The first-order valence-corrected chi connectivity index (χ1v) is 10.5. The van der Waals surface area contributed by atoms with E-state index in [0.29, 0.717) is 0 Å². The third-order valence-corrected chi connectivity index (χ3v) is 4.83. The highest BCUT2D eigenvalue weighted by molar-refractivity contribution is 5.90. The lowest BCUT2D eigenvalue weighted by atomic mass is 10.1. The van der Waals surface area contributed by atoms with Gasteiger partial charge >= 0.3 is 17.9 Å². The SMILES string of the molecule is O=C(OC[C@@H](O)[C@H](O)[C@H](COC(=O)c1ccccc1)OC(=O)c1ccccc1)c1ccccc1. The molecule has 0 spiro atoms. The molecule has 3 aromatic rings. The Morgan fingerprint density at radius 3 is 1.41 bits per heavy atom. The van der Waals surface area contributed by atoms with Crippen molar-refractivity contribution in [3.63, 3.8) is 0 Å². The lowest BCUT2D eigenvalue weighted by molar-refractivity contribution is -0.101. The van der Waals surface area contributed by atoms with Crippen molar-refractivity contribution in [1.82, 2.24) is 0 Å². The van der Waals surface area contributed by atoms with Gasteiger partial charge in [0.25, 0.3) is 0 Å². The molecule has 8 heteroatoms. The minimum Gasteiger partial charge on any atom is -0.459 e.